The van der Waals surface area contributed by atoms with E-state index in [1.54, 1.807) is 0 Å². The second-order valence-corrected chi connectivity index (χ2v) is 14.4. The predicted octanol–water partition coefficient (Wildman–Crippen LogP) is 14.1. The van der Waals surface area contributed by atoms with E-state index in [-0.39, 0.29) is 12.6 Å². The quantitative estimate of drug-likeness (QED) is 0.0395. The van der Waals surface area contributed by atoms with Gasteiger partial charge in [-0.15, -0.1) is 0 Å². The summed E-state index contributed by atoms with van der Waals surface area (Å²) in [6.45, 7) is 5.24. The lowest BCUT2D eigenvalue weighted by atomic mass is 10.0. The van der Waals surface area contributed by atoms with Crippen molar-refractivity contribution in [2.75, 3.05) is 19.8 Å². The van der Waals surface area contributed by atoms with E-state index in [9.17, 15) is 9.90 Å². The van der Waals surface area contributed by atoms with Crippen molar-refractivity contribution in [3.8, 4) is 0 Å². The van der Waals surface area contributed by atoms with Gasteiger partial charge in [-0.05, 0) is 44.9 Å². The maximum absolute atomic E-state index is 12.2. The minimum Gasteiger partial charge on any atom is -0.457 e. The predicted molar refractivity (Wildman–Crippen MR) is 214 cm³/mol. The first-order valence-electron chi connectivity index (χ1n) is 21.6. The molecule has 4 nitrogen and oxygen atoms in total. The summed E-state index contributed by atoms with van der Waals surface area (Å²) in [5, 5.41) is 9.60. The first kappa shape index (κ1) is 47.6. The fraction of sp³-hybridized carbons (Fsp3) is 0.844. The van der Waals surface area contributed by atoms with Crippen molar-refractivity contribution >= 4 is 5.97 Å². The van der Waals surface area contributed by atoms with Crippen LogP contribution in [0, 0.1) is 0 Å². The van der Waals surface area contributed by atoms with Crippen molar-refractivity contribution in [3.63, 3.8) is 0 Å². The highest BCUT2D eigenvalue weighted by molar-refractivity contribution is 5.69. The molecule has 0 heterocycles. The Balaban J connectivity index is 3.40. The van der Waals surface area contributed by atoms with Crippen LogP contribution < -0.4 is 0 Å². The largest absolute Gasteiger partial charge is 0.457 e. The first-order chi connectivity index (χ1) is 24.2. The van der Waals surface area contributed by atoms with Gasteiger partial charge in [-0.1, -0.05) is 204 Å². The van der Waals surface area contributed by atoms with Crippen LogP contribution in [0.5, 0.6) is 0 Å². The van der Waals surface area contributed by atoms with Gasteiger partial charge in [0.25, 0.3) is 0 Å². The number of aliphatic hydroxyl groups is 1. The molecule has 4 heteroatoms. The molecule has 0 aliphatic heterocycles. The van der Waals surface area contributed by atoms with Gasteiger partial charge in [0.05, 0.1) is 13.2 Å². The number of carbonyl (C=O) groups excluding carboxylic acids is 1. The van der Waals surface area contributed by atoms with E-state index in [0.29, 0.717) is 19.6 Å². The Labute approximate surface area is 306 Å². The van der Waals surface area contributed by atoms with Crippen molar-refractivity contribution in [2.24, 2.45) is 0 Å². The Hall–Kier alpha value is -1.39. The van der Waals surface area contributed by atoms with Gasteiger partial charge >= 0.3 is 5.97 Å². The number of esters is 1. The Kier molecular flexibility index (Phi) is 41.6. The van der Waals surface area contributed by atoms with Crippen LogP contribution in [0.1, 0.15) is 219 Å². The summed E-state index contributed by atoms with van der Waals surface area (Å²) >= 11 is 0. The Bertz CT molecular complexity index is 728. The van der Waals surface area contributed by atoms with Crippen LogP contribution in [0.3, 0.4) is 0 Å². The van der Waals surface area contributed by atoms with Crippen molar-refractivity contribution in [2.45, 2.75) is 225 Å². The third-order valence-electron chi connectivity index (χ3n) is 9.48. The summed E-state index contributed by atoms with van der Waals surface area (Å²) in [6, 6.07) is 0. The average Bonchev–Trinajstić information content (AvgIpc) is 3.11. The zero-order valence-corrected chi connectivity index (χ0v) is 33.0. The fourth-order valence-electron chi connectivity index (χ4n) is 6.28. The highest BCUT2D eigenvalue weighted by Gasteiger charge is 2.13. The van der Waals surface area contributed by atoms with Crippen LogP contribution in [0.25, 0.3) is 0 Å². The highest BCUT2D eigenvalue weighted by atomic mass is 16.6. The number of hydrogen-bond donors (Lipinski definition) is 1. The Morgan fingerprint density at radius 2 is 0.918 bits per heavy atom. The van der Waals surface area contributed by atoms with Crippen LogP contribution in [-0.2, 0) is 14.3 Å². The van der Waals surface area contributed by atoms with Gasteiger partial charge in [-0.2, -0.15) is 0 Å². The lowest BCUT2D eigenvalue weighted by Crippen LogP contribution is -2.27. The SMILES string of the molecule is CC/C=C\C/C=C\C/C=C\CCCCCCCCOCC(CO)OC(=O)CCCCCCCCCCCCCCCCCCCCCCC. The summed E-state index contributed by atoms with van der Waals surface area (Å²) in [6.07, 6.45) is 53.5. The van der Waals surface area contributed by atoms with Crippen molar-refractivity contribution in [1.82, 2.24) is 0 Å². The molecular weight excluding hydrogens is 604 g/mol. The molecule has 0 aromatic carbocycles. The monoisotopic (exact) mass is 689 g/mol. The fourth-order valence-corrected chi connectivity index (χ4v) is 6.28. The number of carbonyl (C=O) groups is 1. The molecule has 0 rings (SSSR count). The number of ether oxygens (including phenoxy) is 2. The van der Waals surface area contributed by atoms with Crippen LogP contribution in [0.4, 0.5) is 0 Å². The number of unbranched alkanes of at least 4 members (excludes halogenated alkanes) is 26. The maximum Gasteiger partial charge on any atom is 0.306 e. The minimum atomic E-state index is -0.538. The number of aliphatic hydroxyl groups excluding tert-OH is 1. The molecule has 0 fully saturated rings. The Morgan fingerprint density at radius 1 is 0.510 bits per heavy atom. The zero-order chi connectivity index (χ0) is 35.6. The van der Waals surface area contributed by atoms with E-state index in [4.69, 9.17) is 9.47 Å². The number of rotatable bonds is 40. The van der Waals surface area contributed by atoms with Gasteiger partial charge in [-0.25, -0.2) is 0 Å². The molecule has 0 saturated carbocycles. The van der Waals surface area contributed by atoms with E-state index in [0.717, 1.165) is 44.9 Å². The standard InChI is InChI=1S/C45H84O4/c1-3-5-7-9-11-13-15-17-19-21-22-23-24-25-26-28-30-32-34-36-38-40-45(47)49-44(42-46)43-48-41-39-37-35-33-31-29-27-20-18-16-14-12-10-8-6-4-2/h6,8,12,14,18,20,44,46H,3-5,7,9-11,13,15-17,19,21-43H2,1-2H3/b8-6-,14-12-,20-18-. The van der Waals surface area contributed by atoms with Gasteiger partial charge < -0.3 is 14.6 Å². The molecule has 288 valence electrons. The van der Waals surface area contributed by atoms with E-state index in [1.807, 2.05) is 0 Å². The van der Waals surface area contributed by atoms with Gasteiger partial charge in [-0.3, -0.25) is 4.79 Å². The Morgan fingerprint density at radius 3 is 1.39 bits per heavy atom. The van der Waals surface area contributed by atoms with E-state index >= 15 is 0 Å². The molecule has 0 radical (unpaired) electrons. The van der Waals surface area contributed by atoms with Gasteiger partial charge in [0.1, 0.15) is 6.10 Å². The third-order valence-corrected chi connectivity index (χ3v) is 9.48. The summed E-state index contributed by atoms with van der Waals surface area (Å²) in [5.74, 6) is -0.202. The molecule has 0 aromatic rings. The second kappa shape index (κ2) is 42.8. The lowest BCUT2D eigenvalue weighted by Gasteiger charge is -2.15. The summed E-state index contributed by atoms with van der Waals surface area (Å²) in [7, 11) is 0. The molecule has 0 bridgehead atoms. The third kappa shape index (κ3) is 40.9. The van der Waals surface area contributed by atoms with Gasteiger partial charge in [0.2, 0.25) is 0 Å². The average molecular weight is 689 g/mol. The molecule has 0 amide bonds. The highest BCUT2D eigenvalue weighted by Crippen LogP contribution is 2.16. The van der Waals surface area contributed by atoms with E-state index < -0.39 is 6.10 Å². The minimum absolute atomic E-state index is 0.175. The second-order valence-electron chi connectivity index (χ2n) is 14.4. The molecular formula is C45H84O4. The molecule has 0 aliphatic carbocycles. The van der Waals surface area contributed by atoms with Crippen molar-refractivity contribution < 1.29 is 19.4 Å². The molecule has 49 heavy (non-hydrogen) atoms. The number of allylic oxidation sites excluding steroid dienone is 6. The van der Waals surface area contributed by atoms with Gasteiger partial charge in [0.15, 0.2) is 0 Å². The van der Waals surface area contributed by atoms with Gasteiger partial charge in [0, 0.05) is 13.0 Å². The van der Waals surface area contributed by atoms with E-state index in [1.165, 1.54) is 154 Å². The molecule has 1 N–H and O–H groups in total. The van der Waals surface area contributed by atoms with Crippen LogP contribution in [0.15, 0.2) is 36.5 Å². The molecule has 0 aromatic heterocycles. The first-order valence-corrected chi connectivity index (χ1v) is 21.6. The van der Waals surface area contributed by atoms with Crippen LogP contribution in [0.2, 0.25) is 0 Å². The molecule has 0 spiro atoms. The molecule has 0 saturated heterocycles. The van der Waals surface area contributed by atoms with Crippen LogP contribution in [-0.4, -0.2) is 37.0 Å². The summed E-state index contributed by atoms with van der Waals surface area (Å²) in [5.41, 5.74) is 0. The van der Waals surface area contributed by atoms with Crippen molar-refractivity contribution in [3.05, 3.63) is 36.5 Å². The molecule has 0 aliphatic rings. The topological polar surface area (TPSA) is 55.8 Å². The smallest absolute Gasteiger partial charge is 0.306 e. The summed E-state index contributed by atoms with van der Waals surface area (Å²) in [4.78, 5) is 12.2. The zero-order valence-electron chi connectivity index (χ0n) is 33.0. The maximum atomic E-state index is 12.2. The van der Waals surface area contributed by atoms with Crippen molar-refractivity contribution in [1.29, 1.82) is 0 Å². The normalized spacial score (nSPS) is 12.6. The molecule has 1 unspecified atom stereocenters. The lowest BCUT2D eigenvalue weighted by molar-refractivity contribution is -0.154. The number of hydrogen-bond acceptors (Lipinski definition) is 4. The van der Waals surface area contributed by atoms with E-state index in [2.05, 4.69) is 50.3 Å². The summed E-state index contributed by atoms with van der Waals surface area (Å²) < 4.78 is 11.2. The molecule has 1 atom stereocenters. The van der Waals surface area contributed by atoms with Crippen LogP contribution >= 0.6 is 0 Å².